The van der Waals surface area contributed by atoms with Gasteiger partial charge in [-0.2, -0.15) is 5.10 Å². The van der Waals surface area contributed by atoms with E-state index in [1.54, 1.807) is 43.5 Å². The van der Waals surface area contributed by atoms with Crippen molar-refractivity contribution in [2.45, 2.75) is 6.92 Å². The summed E-state index contributed by atoms with van der Waals surface area (Å²) in [6.07, 6.45) is 1.48. The number of aromatic amines is 1. The van der Waals surface area contributed by atoms with E-state index >= 15 is 0 Å². The number of carbonyl (C=O) groups is 2. The Morgan fingerprint density at radius 1 is 0.878 bits per heavy atom. The van der Waals surface area contributed by atoms with Crippen molar-refractivity contribution in [3.8, 4) is 28.4 Å². The second-order valence-corrected chi connectivity index (χ2v) is 9.96. The molecule has 41 heavy (non-hydrogen) atoms. The van der Waals surface area contributed by atoms with E-state index in [2.05, 4.69) is 31.4 Å². The average Bonchev–Trinajstić information content (AvgIpc) is 3.40. The van der Waals surface area contributed by atoms with E-state index in [1.807, 2.05) is 55.5 Å². The second-order valence-electron chi connectivity index (χ2n) is 9.11. The highest BCUT2D eigenvalue weighted by Gasteiger charge is 2.23. The van der Waals surface area contributed by atoms with Crippen LogP contribution in [0.1, 0.15) is 32.0 Å². The van der Waals surface area contributed by atoms with Crippen LogP contribution in [0.25, 0.3) is 22.0 Å². The zero-order chi connectivity index (χ0) is 28.9. The zero-order valence-corrected chi connectivity index (χ0v) is 24.1. The molecular weight excluding hydrogens is 586 g/mol. The van der Waals surface area contributed by atoms with Crippen molar-refractivity contribution >= 4 is 44.9 Å². The molecule has 8 nitrogen and oxygen atoms in total. The summed E-state index contributed by atoms with van der Waals surface area (Å²) in [5.41, 5.74) is 7.24. The Labute approximate surface area is 245 Å². The molecule has 2 N–H and O–H groups in total. The smallest absolute Gasteiger partial charge is 0.343 e. The third-order valence-electron chi connectivity index (χ3n) is 6.40. The first kappa shape index (κ1) is 27.7. The number of esters is 1. The first-order valence-electron chi connectivity index (χ1n) is 12.6. The number of hydrazone groups is 1. The summed E-state index contributed by atoms with van der Waals surface area (Å²) in [7, 11) is 3.06. The molecule has 0 spiro atoms. The number of nitrogens with one attached hydrogen (secondary N) is 2. The molecule has 206 valence electrons. The highest BCUT2D eigenvalue weighted by Crippen LogP contribution is 2.40. The number of aryl methyl sites for hydroxylation is 1. The van der Waals surface area contributed by atoms with Gasteiger partial charge in [0.2, 0.25) is 0 Å². The molecule has 0 unspecified atom stereocenters. The van der Waals surface area contributed by atoms with Crippen molar-refractivity contribution in [3.63, 3.8) is 0 Å². The van der Waals surface area contributed by atoms with Crippen LogP contribution in [0, 0.1) is 6.92 Å². The number of ether oxygens (including phenoxy) is 3. The Kier molecular flexibility index (Phi) is 8.16. The Hall–Kier alpha value is -4.89. The Morgan fingerprint density at radius 2 is 1.63 bits per heavy atom. The molecule has 1 heterocycles. The monoisotopic (exact) mass is 611 g/mol. The maximum absolute atomic E-state index is 13.4. The second kappa shape index (κ2) is 12.1. The molecule has 5 aromatic rings. The standard InChI is InChI=1S/C32H26BrN3O5/c1-19-8-7-11-22(16-19)32(38)41-24-14-12-20(17-26(24)40-3)18-34-36-31(37)30-27(21-9-5-4-6-10-21)28-23(33)13-15-25(39-2)29(28)35-30/h4-18,35H,1-3H3,(H,36,37). The maximum Gasteiger partial charge on any atom is 0.343 e. The number of amides is 1. The molecule has 0 aliphatic heterocycles. The molecule has 0 atom stereocenters. The minimum atomic E-state index is -0.489. The number of nitrogens with zero attached hydrogens (tertiary/aromatic N) is 1. The Bertz CT molecular complexity index is 1780. The van der Waals surface area contributed by atoms with Gasteiger partial charge < -0.3 is 19.2 Å². The van der Waals surface area contributed by atoms with Gasteiger partial charge >= 0.3 is 5.97 Å². The van der Waals surface area contributed by atoms with Gasteiger partial charge in [-0.25, -0.2) is 10.2 Å². The van der Waals surface area contributed by atoms with Crippen LogP contribution in [0.3, 0.4) is 0 Å². The number of aromatic nitrogens is 1. The Morgan fingerprint density at radius 3 is 2.37 bits per heavy atom. The Balaban J connectivity index is 1.39. The number of fused-ring (bicyclic) bond motifs is 1. The van der Waals surface area contributed by atoms with E-state index in [-0.39, 0.29) is 5.75 Å². The van der Waals surface area contributed by atoms with Crippen LogP contribution in [-0.4, -0.2) is 37.3 Å². The fourth-order valence-corrected chi connectivity index (χ4v) is 5.00. The molecule has 1 aromatic heterocycles. The summed E-state index contributed by atoms with van der Waals surface area (Å²) in [6.45, 7) is 1.90. The summed E-state index contributed by atoms with van der Waals surface area (Å²) in [6, 6.07) is 25.5. The largest absolute Gasteiger partial charge is 0.495 e. The van der Waals surface area contributed by atoms with E-state index in [9.17, 15) is 9.59 Å². The van der Waals surface area contributed by atoms with E-state index in [1.165, 1.54) is 13.3 Å². The molecule has 0 fully saturated rings. The van der Waals surface area contributed by atoms with E-state index in [4.69, 9.17) is 14.2 Å². The van der Waals surface area contributed by atoms with Gasteiger partial charge in [0.15, 0.2) is 11.5 Å². The number of hydrogen-bond acceptors (Lipinski definition) is 6. The van der Waals surface area contributed by atoms with Crippen molar-refractivity contribution in [1.82, 2.24) is 10.4 Å². The summed E-state index contributed by atoms with van der Waals surface area (Å²) in [4.78, 5) is 29.2. The molecule has 0 saturated heterocycles. The number of H-pyrrole nitrogens is 1. The molecule has 4 aromatic carbocycles. The van der Waals surface area contributed by atoms with Gasteiger partial charge in [0.1, 0.15) is 11.4 Å². The van der Waals surface area contributed by atoms with Gasteiger partial charge in [-0.1, -0.05) is 64.0 Å². The van der Waals surface area contributed by atoms with Gasteiger partial charge in [-0.05, 0) is 60.5 Å². The summed E-state index contributed by atoms with van der Waals surface area (Å²) < 4.78 is 17.3. The highest BCUT2D eigenvalue weighted by molar-refractivity contribution is 9.10. The van der Waals surface area contributed by atoms with Crippen LogP contribution in [0.5, 0.6) is 17.2 Å². The van der Waals surface area contributed by atoms with Crippen molar-refractivity contribution in [1.29, 1.82) is 0 Å². The fraction of sp³-hybridized carbons (Fsp3) is 0.0938. The third-order valence-corrected chi connectivity index (χ3v) is 7.06. The van der Waals surface area contributed by atoms with Crippen LogP contribution in [0.15, 0.2) is 94.5 Å². The third kappa shape index (κ3) is 5.85. The lowest BCUT2D eigenvalue weighted by molar-refractivity contribution is 0.0729. The normalized spacial score (nSPS) is 11.0. The lowest BCUT2D eigenvalue weighted by Gasteiger charge is -2.10. The van der Waals surface area contributed by atoms with Crippen LogP contribution in [-0.2, 0) is 0 Å². The fourth-order valence-electron chi connectivity index (χ4n) is 4.47. The van der Waals surface area contributed by atoms with Crippen LogP contribution >= 0.6 is 15.9 Å². The molecule has 5 rings (SSSR count). The lowest BCUT2D eigenvalue weighted by Crippen LogP contribution is -2.19. The van der Waals surface area contributed by atoms with E-state index in [0.29, 0.717) is 33.8 Å². The first-order chi connectivity index (χ1) is 19.9. The van der Waals surface area contributed by atoms with Crippen molar-refractivity contribution in [3.05, 3.63) is 112 Å². The van der Waals surface area contributed by atoms with Crippen molar-refractivity contribution in [2.75, 3.05) is 14.2 Å². The van der Waals surface area contributed by atoms with E-state index in [0.717, 1.165) is 26.5 Å². The summed E-state index contributed by atoms with van der Waals surface area (Å²) in [5, 5.41) is 4.98. The number of hydrogen-bond donors (Lipinski definition) is 2. The molecule has 0 aliphatic rings. The van der Waals surface area contributed by atoms with Crippen molar-refractivity contribution < 1.29 is 23.8 Å². The molecule has 0 radical (unpaired) electrons. The number of carbonyl (C=O) groups excluding carboxylic acids is 2. The van der Waals surface area contributed by atoms with Gasteiger partial charge in [0, 0.05) is 15.4 Å². The van der Waals surface area contributed by atoms with Gasteiger partial charge in [0.25, 0.3) is 5.91 Å². The van der Waals surface area contributed by atoms with Gasteiger partial charge in [-0.3, -0.25) is 4.79 Å². The van der Waals surface area contributed by atoms with E-state index < -0.39 is 11.9 Å². The number of benzene rings is 4. The molecule has 1 amide bonds. The molecule has 0 aliphatic carbocycles. The van der Waals surface area contributed by atoms with Crippen LogP contribution < -0.4 is 19.6 Å². The highest BCUT2D eigenvalue weighted by atomic mass is 79.9. The summed E-state index contributed by atoms with van der Waals surface area (Å²) in [5.74, 6) is 0.307. The number of rotatable bonds is 8. The minimum absolute atomic E-state index is 0.269. The SMILES string of the molecule is COc1cc(C=NNC(=O)c2[nH]c3c(OC)ccc(Br)c3c2-c2ccccc2)ccc1OC(=O)c1cccc(C)c1. The molecule has 0 saturated carbocycles. The molecule has 9 heteroatoms. The van der Waals surface area contributed by atoms with Crippen molar-refractivity contribution in [2.24, 2.45) is 5.10 Å². The quantitative estimate of drug-likeness (QED) is 0.0859. The van der Waals surface area contributed by atoms with Crippen LogP contribution in [0.2, 0.25) is 0 Å². The topological polar surface area (TPSA) is 102 Å². The number of halogens is 1. The van der Waals surface area contributed by atoms with Crippen LogP contribution in [0.4, 0.5) is 0 Å². The summed E-state index contributed by atoms with van der Waals surface area (Å²) >= 11 is 3.62. The predicted octanol–water partition coefficient (Wildman–Crippen LogP) is 6.91. The molecule has 0 bridgehead atoms. The zero-order valence-electron chi connectivity index (χ0n) is 22.5. The van der Waals surface area contributed by atoms with Gasteiger partial charge in [0.05, 0.1) is 31.5 Å². The molecular formula is C32H26BrN3O5. The maximum atomic E-state index is 13.4. The minimum Gasteiger partial charge on any atom is -0.495 e. The van der Waals surface area contributed by atoms with Gasteiger partial charge in [-0.15, -0.1) is 0 Å². The number of methoxy groups -OCH3 is 2. The average molecular weight is 612 g/mol. The lowest BCUT2D eigenvalue weighted by atomic mass is 10.0. The first-order valence-corrected chi connectivity index (χ1v) is 13.4. The predicted molar refractivity (Wildman–Crippen MR) is 162 cm³/mol.